The van der Waals surface area contributed by atoms with E-state index in [1.54, 1.807) is 0 Å². The molecule has 0 aliphatic carbocycles. The molecule has 3 aromatic heterocycles. The van der Waals surface area contributed by atoms with E-state index in [9.17, 15) is 0 Å². The quantitative estimate of drug-likeness (QED) is 0.162. The van der Waals surface area contributed by atoms with Crippen LogP contribution < -0.4 is 0 Å². The molecule has 0 amide bonds. The molecule has 3 nitrogen and oxygen atoms in total. The molecule has 3 heteroatoms. The van der Waals surface area contributed by atoms with Crippen molar-refractivity contribution in [2.24, 2.45) is 0 Å². The third-order valence-electron chi connectivity index (χ3n) is 13.7. The Labute approximate surface area is 380 Å². The zero-order chi connectivity index (χ0) is 43.3. The molecule has 0 saturated heterocycles. The lowest BCUT2D eigenvalue weighted by atomic mass is 9.91. The van der Waals surface area contributed by atoms with Crippen molar-refractivity contribution < 1.29 is 4.42 Å². The third kappa shape index (κ3) is 5.73. The Morgan fingerprint density at radius 1 is 0.273 bits per heavy atom. The summed E-state index contributed by atoms with van der Waals surface area (Å²) >= 11 is 0. The fourth-order valence-corrected chi connectivity index (χ4v) is 10.5. The topological polar surface area (TPSA) is 31.0 Å². The van der Waals surface area contributed by atoms with E-state index in [1.165, 1.54) is 70.6 Å². The minimum absolute atomic E-state index is 0.903. The molecule has 0 aliphatic rings. The number of nitrogens with zero attached hydrogens (tertiary/aromatic N) is 2. The van der Waals surface area contributed by atoms with Crippen LogP contribution in [0.4, 0.5) is 0 Å². The van der Waals surface area contributed by atoms with Crippen LogP contribution in [0.5, 0.6) is 0 Å². The maximum atomic E-state index is 6.24. The predicted molar refractivity (Wildman–Crippen MR) is 278 cm³/mol. The lowest BCUT2D eigenvalue weighted by molar-refractivity contribution is 0.669. The second-order valence-electron chi connectivity index (χ2n) is 17.5. The molecule has 14 aromatic rings. The molecule has 0 radical (unpaired) electrons. The highest BCUT2D eigenvalue weighted by Crippen LogP contribution is 2.44. The van der Waals surface area contributed by atoms with E-state index in [0.717, 1.165) is 66.7 Å². The van der Waals surface area contributed by atoms with Crippen LogP contribution in [-0.4, -0.2) is 9.55 Å². The van der Waals surface area contributed by atoms with Crippen LogP contribution in [0.25, 0.3) is 137 Å². The molecule has 0 fully saturated rings. The summed E-state index contributed by atoms with van der Waals surface area (Å²) in [6, 6.07) is 83.7. The van der Waals surface area contributed by atoms with Gasteiger partial charge in [0.25, 0.3) is 0 Å². The van der Waals surface area contributed by atoms with Crippen molar-refractivity contribution in [1.82, 2.24) is 9.55 Å². The third-order valence-corrected chi connectivity index (χ3v) is 13.7. The smallest absolute Gasteiger partial charge is 0.135 e. The van der Waals surface area contributed by atoms with Gasteiger partial charge in [-0.3, -0.25) is 0 Å². The molecule has 0 saturated carbocycles. The molecule has 3 heterocycles. The number of aromatic nitrogens is 2. The Balaban J connectivity index is 1.07. The van der Waals surface area contributed by atoms with Crippen molar-refractivity contribution in [3.63, 3.8) is 0 Å². The van der Waals surface area contributed by atoms with Crippen molar-refractivity contribution in [3.8, 4) is 50.5 Å². The van der Waals surface area contributed by atoms with E-state index < -0.39 is 0 Å². The molecule has 0 bridgehead atoms. The molecule has 0 spiro atoms. The van der Waals surface area contributed by atoms with Gasteiger partial charge in [0.05, 0.1) is 28.1 Å². The molecule has 0 N–H and O–H groups in total. The lowest BCUT2D eigenvalue weighted by Crippen LogP contribution is -1.98. The fraction of sp³-hybridized carbons (Fsp3) is 0. The lowest BCUT2D eigenvalue weighted by Gasteiger charge is -2.15. The van der Waals surface area contributed by atoms with E-state index >= 15 is 0 Å². The monoisotopic (exact) mass is 838 g/mol. The fourth-order valence-electron chi connectivity index (χ4n) is 10.5. The first-order valence-corrected chi connectivity index (χ1v) is 22.6. The van der Waals surface area contributed by atoms with Gasteiger partial charge in [0.1, 0.15) is 11.2 Å². The second kappa shape index (κ2) is 14.4. The van der Waals surface area contributed by atoms with Gasteiger partial charge in [-0.25, -0.2) is 4.98 Å². The van der Waals surface area contributed by atoms with Gasteiger partial charge in [-0.1, -0.05) is 164 Å². The van der Waals surface area contributed by atoms with Gasteiger partial charge >= 0.3 is 0 Å². The van der Waals surface area contributed by atoms with E-state index in [0.29, 0.717) is 0 Å². The summed E-state index contributed by atoms with van der Waals surface area (Å²) in [4.78, 5) is 5.29. The maximum Gasteiger partial charge on any atom is 0.135 e. The van der Waals surface area contributed by atoms with E-state index in [-0.39, 0.29) is 0 Å². The van der Waals surface area contributed by atoms with E-state index in [4.69, 9.17) is 9.40 Å². The Kier molecular flexibility index (Phi) is 7.98. The summed E-state index contributed by atoms with van der Waals surface area (Å²) in [5.41, 5.74) is 13.9. The Bertz CT molecular complexity index is 4220. The number of para-hydroxylation sites is 1. The first-order valence-electron chi connectivity index (χ1n) is 22.6. The van der Waals surface area contributed by atoms with Crippen molar-refractivity contribution in [2.45, 2.75) is 0 Å². The standard InChI is InChI=1S/C63H38N2O/c1-3-14-40(15-4-1)58-35-47(36-59(64-58)41-16-5-2-6-17-41)65-60-29-26-45(43-24-23-39-13-7-8-18-42(39)31-43)33-55(60)56-37-53-52-32-44(46-27-30-63-57(34-46)51-21-11-12-22-62(51)66-63)25-28-50(52)48-19-9-10-20-49(48)54(53)38-61(56)65/h1-38H. The number of pyridine rings is 1. The van der Waals surface area contributed by atoms with Crippen LogP contribution in [0.15, 0.2) is 235 Å². The van der Waals surface area contributed by atoms with Crippen LogP contribution in [0.2, 0.25) is 0 Å². The highest BCUT2D eigenvalue weighted by molar-refractivity contribution is 6.29. The summed E-state index contributed by atoms with van der Waals surface area (Å²) in [5, 5.41) is 14.5. The van der Waals surface area contributed by atoms with Crippen molar-refractivity contribution in [2.75, 3.05) is 0 Å². The second-order valence-corrected chi connectivity index (χ2v) is 17.5. The number of hydrogen-bond donors (Lipinski definition) is 0. The summed E-state index contributed by atoms with van der Waals surface area (Å²) in [5.74, 6) is 0. The zero-order valence-corrected chi connectivity index (χ0v) is 35.7. The minimum atomic E-state index is 0.903. The number of rotatable bonds is 5. The van der Waals surface area contributed by atoms with Crippen LogP contribution in [0.1, 0.15) is 0 Å². The van der Waals surface area contributed by atoms with Gasteiger partial charge < -0.3 is 8.98 Å². The van der Waals surface area contributed by atoms with Gasteiger partial charge in [-0.15, -0.1) is 0 Å². The first-order chi connectivity index (χ1) is 32.7. The largest absolute Gasteiger partial charge is 0.456 e. The average Bonchev–Trinajstić information content (AvgIpc) is 3.93. The Morgan fingerprint density at radius 3 is 1.53 bits per heavy atom. The van der Waals surface area contributed by atoms with Gasteiger partial charge in [-0.05, 0) is 132 Å². The highest BCUT2D eigenvalue weighted by atomic mass is 16.3. The van der Waals surface area contributed by atoms with Gasteiger partial charge in [0.2, 0.25) is 0 Å². The van der Waals surface area contributed by atoms with Crippen LogP contribution >= 0.6 is 0 Å². The molecular formula is C63H38N2O. The summed E-state index contributed by atoms with van der Waals surface area (Å²) in [6.07, 6.45) is 0. The summed E-state index contributed by atoms with van der Waals surface area (Å²) in [6.45, 7) is 0. The molecule has 14 rings (SSSR count). The molecule has 66 heavy (non-hydrogen) atoms. The van der Waals surface area contributed by atoms with Crippen molar-refractivity contribution in [1.29, 1.82) is 0 Å². The molecule has 0 aliphatic heterocycles. The number of fused-ring (bicyclic) bond motifs is 13. The van der Waals surface area contributed by atoms with E-state index in [1.807, 2.05) is 12.1 Å². The molecular weight excluding hydrogens is 801 g/mol. The zero-order valence-electron chi connectivity index (χ0n) is 35.7. The number of hydrogen-bond acceptors (Lipinski definition) is 2. The highest BCUT2D eigenvalue weighted by Gasteiger charge is 2.20. The predicted octanol–water partition coefficient (Wildman–Crippen LogP) is 17.4. The van der Waals surface area contributed by atoms with E-state index in [2.05, 4.69) is 223 Å². The van der Waals surface area contributed by atoms with Crippen LogP contribution in [0.3, 0.4) is 0 Å². The Hall–Kier alpha value is -8.79. The van der Waals surface area contributed by atoms with Gasteiger partial charge in [0, 0.05) is 32.7 Å². The van der Waals surface area contributed by atoms with Crippen molar-refractivity contribution >= 4 is 86.8 Å². The molecule has 0 unspecified atom stereocenters. The summed E-state index contributed by atoms with van der Waals surface area (Å²) in [7, 11) is 0. The van der Waals surface area contributed by atoms with Gasteiger partial charge in [0.15, 0.2) is 0 Å². The van der Waals surface area contributed by atoms with Crippen molar-refractivity contribution in [3.05, 3.63) is 231 Å². The van der Waals surface area contributed by atoms with Crippen LogP contribution in [-0.2, 0) is 0 Å². The van der Waals surface area contributed by atoms with Gasteiger partial charge in [-0.2, -0.15) is 0 Å². The van der Waals surface area contributed by atoms with Crippen LogP contribution in [0, 0.1) is 0 Å². The molecule has 11 aromatic carbocycles. The number of furan rings is 1. The average molecular weight is 839 g/mol. The SMILES string of the molecule is c1ccc(-c2cc(-n3c4ccc(-c5ccc6ccccc6c5)cc4c4cc5c6cc(-c7ccc8oc9ccccc9c8c7)ccc6c6ccccc6c5cc43)cc(-c3ccccc3)n2)cc1. The molecule has 0 atom stereocenters. The maximum absolute atomic E-state index is 6.24. The minimum Gasteiger partial charge on any atom is -0.456 e. The Morgan fingerprint density at radius 2 is 0.773 bits per heavy atom. The molecule has 306 valence electrons. The summed E-state index contributed by atoms with van der Waals surface area (Å²) < 4.78 is 8.70. The normalized spacial score (nSPS) is 11.9. The number of benzene rings is 11. The first kappa shape index (κ1) is 36.7.